The molecular formula is C66H127NO5. The Morgan fingerprint density at radius 3 is 0.986 bits per heavy atom. The van der Waals surface area contributed by atoms with Gasteiger partial charge in [0.15, 0.2) is 0 Å². The minimum atomic E-state index is -0.855. The third-order valence-electron chi connectivity index (χ3n) is 15.2. The summed E-state index contributed by atoms with van der Waals surface area (Å²) in [6.45, 7) is 4.90. The van der Waals surface area contributed by atoms with E-state index in [2.05, 4.69) is 31.3 Å². The zero-order valence-electron chi connectivity index (χ0n) is 48.7. The third kappa shape index (κ3) is 57.6. The molecule has 6 nitrogen and oxygen atoms in total. The predicted octanol–water partition coefficient (Wildman–Crippen LogP) is 20.6. The molecule has 0 saturated carbocycles. The Balaban J connectivity index is 3.46. The maximum absolute atomic E-state index is 12.5. The summed E-state index contributed by atoms with van der Waals surface area (Å²) in [5, 5.41) is 23.2. The first-order chi connectivity index (χ1) is 35.5. The molecule has 0 aromatic heterocycles. The van der Waals surface area contributed by atoms with Crippen LogP contribution in [0.5, 0.6) is 0 Å². The lowest BCUT2D eigenvalue weighted by molar-refractivity contribution is -0.143. The van der Waals surface area contributed by atoms with E-state index in [1.165, 1.54) is 276 Å². The van der Waals surface area contributed by atoms with Crippen LogP contribution in [0.1, 0.15) is 361 Å². The number of carbonyl (C=O) groups excluding carboxylic acids is 2. The van der Waals surface area contributed by atoms with E-state index in [0.717, 1.165) is 57.8 Å². The molecule has 0 aromatic carbocycles. The van der Waals surface area contributed by atoms with Crippen LogP contribution in [0.25, 0.3) is 0 Å². The van der Waals surface area contributed by atoms with Gasteiger partial charge in [0, 0.05) is 12.8 Å². The van der Waals surface area contributed by atoms with Crippen molar-refractivity contribution in [2.45, 2.75) is 373 Å². The average Bonchev–Trinajstić information content (AvgIpc) is 3.38. The van der Waals surface area contributed by atoms with Gasteiger partial charge in [0.05, 0.1) is 25.4 Å². The molecule has 6 heteroatoms. The fourth-order valence-corrected chi connectivity index (χ4v) is 10.2. The van der Waals surface area contributed by atoms with E-state index in [-0.39, 0.29) is 18.5 Å². The minimum Gasteiger partial charge on any atom is -0.466 e. The second-order valence-electron chi connectivity index (χ2n) is 22.5. The molecule has 0 aliphatic heterocycles. The van der Waals surface area contributed by atoms with Crippen molar-refractivity contribution in [2.24, 2.45) is 0 Å². The number of allylic oxidation sites excluding steroid dienone is 3. The summed E-state index contributed by atoms with van der Waals surface area (Å²) in [5.74, 6) is -0.0860. The first-order valence-corrected chi connectivity index (χ1v) is 32.6. The molecule has 2 unspecified atom stereocenters. The summed E-state index contributed by atoms with van der Waals surface area (Å²) in [7, 11) is 0. The zero-order chi connectivity index (χ0) is 52.2. The fourth-order valence-electron chi connectivity index (χ4n) is 10.2. The van der Waals surface area contributed by atoms with Crippen LogP contribution in [0.3, 0.4) is 0 Å². The highest BCUT2D eigenvalue weighted by atomic mass is 16.5. The van der Waals surface area contributed by atoms with Crippen molar-refractivity contribution >= 4 is 11.9 Å². The normalized spacial score (nSPS) is 12.7. The summed E-state index contributed by atoms with van der Waals surface area (Å²) in [6, 6.07) is -0.639. The summed E-state index contributed by atoms with van der Waals surface area (Å²) in [4.78, 5) is 24.6. The average molecular weight is 1010 g/mol. The van der Waals surface area contributed by atoms with Gasteiger partial charge in [-0.1, -0.05) is 314 Å². The number of hydrogen-bond donors (Lipinski definition) is 3. The Morgan fingerprint density at radius 2 is 0.653 bits per heavy atom. The quantitative estimate of drug-likeness (QED) is 0.0320. The van der Waals surface area contributed by atoms with Gasteiger partial charge in [-0.25, -0.2) is 0 Å². The van der Waals surface area contributed by atoms with Crippen LogP contribution < -0.4 is 5.32 Å². The van der Waals surface area contributed by atoms with E-state index in [1.54, 1.807) is 6.08 Å². The summed E-state index contributed by atoms with van der Waals surface area (Å²) < 4.78 is 5.48. The number of esters is 1. The largest absolute Gasteiger partial charge is 0.466 e. The molecule has 0 rings (SSSR count). The summed E-state index contributed by atoms with van der Waals surface area (Å²) in [6.07, 6.45) is 76.5. The Morgan fingerprint density at radius 1 is 0.375 bits per heavy atom. The van der Waals surface area contributed by atoms with Crippen molar-refractivity contribution in [1.29, 1.82) is 0 Å². The first-order valence-electron chi connectivity index (χ1n) is 32.6. The highest BCUT2D eigenvalue weighted by Crippen LogP contribution is 2.18. The highest BCUT2D eigenvalue weighted by Gasteiger charge is 2.18. The van der Waals surface area contributed by atoms with Crippen LogP contribution in [-0.2, 0) is 14.3 Å². The number of nitrogens with one attached hydrogen (secondary N) is 1. The van der Waals surface area contributed by atoms with Gasteiger partial charge in [0.1, 0.15) is 0 Å². The number of ether oxygens (including phenoxy) is 1. The molecule has 2 atom stereocenters. The van der Waals surface area contributed by atoms with E-state index >= 15 is 0 Å². The standard InChI is InChI=1S/C66H127NO5/c1-3-5-7-9-11-13-15-17-19-21-22-23-24-25-26-27-28-30-31-34-38-42-46-50-54-58-64(69)63(62-68)67-65(70)59-55-51-47-43-39-35-33-37-41-45-49-53-57-61-72-66(71)60-56-52-48-44-40-36-32-29-20-18-16-14-12-10-8-6-4-2/h18,20,54,58,63-64,68-69H,3-17,19,21-53,55-57,59-62H2,1-2H3,(H,67,70)/b20-18-,58-54+. The van der Waals surface area contributed by atoms with Gasteiger partial charge < -0.3 is 20.3 Å². The van der Waals surface area contributed by atoms with Crippen molar-refractivity contribution in [3.8, 4) is 0 Å². The SMILES string of the molecule is CCCCCCCC/C=C\CCCCCCCCCC(=O)OCCCCCCCCCCCCCCCC(=O)NC(CO)C(O)/C=C/CCCCCCCCCCCCCCCCCCCCCCCCC. The molecule has 0 fully saturated rings. The number of carbonyl (C=O) groups is 2. The highest BCUT2D eigenvalue weighted by molar-refractivity contribution is 5.76. The van der Waals surface area contributed by atoms with E-state index in [0.29, 0.717) is 19.4 Å². The second-order valence-corrected chi connectivity index (χ2v) is 22.5. The Bertz CT molecular complexity index is 1120. The number of aliphatic hydroxyl groups is 2. The molecule has 3 N–H and O–H groups in total. The Hall–Kier alpha value is -1.66. The molecule has 0 bridgehead atoms. The Labute approximate surface area is 450 Å². The summed E-state index contributed by atoms with van der Waals surface area (Å²) in [5.41, 5.74) is 0. The van der Waals surface area contributed by atoms with E-state index in [9.17, 15) is 19.8 Å². The lowest BCUT2D eigenvalue weighted by Crippen LogP contribution is -2.45. The number of hydrogen-bond acceptors (Lipinski definition) is 5. The van der Waals surface area contributed by atoms with E-state index < -0.39 is 12.1 Å². The topological polar surface area (TPSA) is 95.9 Å². The van der Waals surface area contributed by atoms with Crippen LogP contribution >= 0.6 is 0 Å². The molecule has 0 aromatic rings. The molecule has 1 amide bonds. The fraction of sp³-hybridized carbons (Fsp3) is 0.909. The molecule has 72 heavy (non-hydrogen) atoms. The minimum absolute atomic E-state index is 0.00910. The predicted molar refractivity (Wildman–Crippen MR) is 315 cm³/mol. The molecule has 0 heterocycles. The van der Waals surface area contributed by atoms with E-state index in [4.69, 9.17) is 4.74 Å². The van der Waals surface area contributed by atoms with Gasteiger partial charge in [-0.15, -0.1) is 0 Å². The van der Waals surface area contributed by atoms with Gasteiger partial charge in [-0.05, 0) is 57.8 Å². The zero-order valence-corrected chi connectivity index (χ0v) is 48.7. The maximum atomic E-state index is 12.5. The summed E-state index contributed by atoms with van der Waals surface area (Å²) >= 11 is 0. The lowest BCUT2D eigenvalue weighted by Gasteiger charge is -2.20. The molecule has 0 spiro atoms. The smallest absolute Gasteiger partial charge is 0.305 e. The van der Waals surface area contributed by atoms with Gasteiger partial charge in [-0.2, -0.15) is 0 Å². The molecule has 426 valence electrons. The number of amides is 1. The monoisotopic (exact) mass is 1010 g/mol. The van der Waals surface area contributed by atoms with Crippen molar-refractivity contribution in [2.75, 3.05) is 13.2 Å². The number of rotatable bonds is 61. The van der Waals surface area contributed by atoms with Crippen LogP contribution in [0.15, 0.2) is 24.3 Å². The molecule has 0 aliphatic carbocycles. The molecule has 0 radical (unpaired) electrons. The second kappa shape index (κ2) is 61.9. The first kappa shape index (κ1) is 70.3. The van der Waals surface area contributed by atoms with Gasteiger partial charge >= 0.3 is 5.97 Å². The van der Waals surface area contributed by atoms with Gasteiger partial charge in [0.25, 0.3) is 0 Å². The molecular weight excluding hydrogens is 887 g/mol. The third-order valence-corrected chi connectivity index (χ3v) is 15.2. The molecule has 0 aliphatic rings. The van der Waals surface area contributed by atoms with Crippen molar-refractivity contribution in [3.63, 3.8) is 0 Å². The van der Waals surface area contributed by atoms with Gasteiger partial charge in [0.2, 0.25) is 5.91 Å². The number of aliphatic hydroxyl groups excluding tert-OH is 2. The van der Waals surface area contributed by atoms with Crippen LogP contribution in [-0.4, -0.2) is 47.4 Å². The van der Waals surface area contributed by atoms with Crippen LogP contribution in [0.4, 0.5) is 0 Å². The maximum Gasteiger partial charge on any atom is 0.305 e. The van der Waals surface area contributed by atoms with E-state index in [1.807, 2.05) is 6.08 Å². The lowest BCUT2D eigenvalue weighted by atomic mass is 10.0. The molecule has 0 saturated heterocycles. The Kier molecular flexibility index (Phi) is 60.5. The van der Waals surface area contributed by atoms with Crippen LogP contribution in [0.2, 0.25) is 0 Å². The van der Waals surface area contributed by atoms with Gasteiger partial charge in [-0.3, -0.25) is 9.59 Å². The van der Waals surface area contributed by atoms with Crippen molar-refractivity contribution in [3.05, 3.63) is 24.3 Å². The van der Waals surface area contributed by atoms with Crippen LogP contribution in [0, 0.1) is 0 Å². The van der Waals surface area contributed by atoms with Crippen molar-refractivity contribution in [1.82, 2.24) is 5.32 Å². The number of unbranched alkanes of at least 4 members (excludes halogenated alkanes) is 48. The van der Waals surface area contributed by atoms with Crippen molar-refractivity contribution < 1.29 is 24.5 Å².